The summed E-state index contributed by atoms with van der Waals surface area (Å²) in [6.07, 6.45) is -2.38. The zero-order chi connectivity index (χ0) is 21.3. The summed E-state index contributed by atoms with van der Waals surface area (Å²) in [6.45, 7) is 2.40. The summed E-state index contributed by atoms with van der Waals surface area (Å²) in [5.74, 6) is 0.476. The van der Waals surface area contributed by atoms with Crippen molar-refractivity contribution in [1.29, 1.82) is 0 Å². The molecule has 1 fully saturated rings. The van der Waals surface area contributed by atoms with E-state index in [0.29, 0.717) is 44.0 Å². The molecule has 2 aliphatic heterocycles. The average Bonchev–Trinajstić information content (AvgIpc) is 2.74. The number of nitrogens with zero attached hydrogens (tertiary/aromatic N) is 4. The Balaban J connectivity index is 1.44. The molecule has 2 aromatic rings. The maximum absolute atomic E-state index is 13.1. The Kier molecular flexibility index (Phi) is 5.70. The number of aromatic nitrogens is 2. The third-order valence-corrected chi connectivity index (χ3v) is 5.65. The van der Waals surface area contributed by atoms with Gasteiger partial charge >= 0.3 is 12.2 Å². The van der Waals surface area contributed by atoms with Gasteiger partial charge in [0.25, 0.3) is 0 Å². The monoisotopic (exact) mass is 441 g/mol. The molecule has 1 aromatic heterocycles. The van der Waals surface area contributed by atoms with Crippen molar-refractivity contribution in [3.63, 3.8) is 0 Å². The molecule has 0 aliphatic carbocycles. The van der Waals surface area contributed by atoms with Gasteiger partial charge in [-0.15, -0.1) is 5.10 Å². The van der Waals surface area contributed by atoms with Crippen LogP contribution >= 0.6 is 11.6 Å². The van der Waals surface area contributed by atoms with Gasteiger partial charge in [-0.3, -0.25) is 10.2 Å². The molecule has 7 nitrogen and oxygen atoms in total. The zero-order valence-electron chi connectivity index (χ0n) is 15.8. The molecule has 11 heteroatoms. The third kappa shape index (κ3) is 4.15. The molecule has 1 saturated heterocycles. The highest BCUT2D eigenvalue weighted by atomic mass is 35.5. The van der Waals surface area contributed by atoms with Crippen molar-refractivity contribution in [1.82, 2.24) is 20.0 Å². The van der Waals surface area contributed by atoms with Crippen molar-refractivity contribution in [3.8, 4) is 5.75 Å². The molecule has 2 amide bonds. The molecular weight excluding hydrogens is 423 g/mol. The van der Waals surface area contributed by atoms with Gasteiger partial charge in [0.1, 0.15) is 5.75 Å². The number of amides is 2. The Hall–Kier alpha value is -2.59. The van der Waals surface area contributed by atoms with Gasteiger partial charge in [-0.1, -0.05) is 17.7 Å². The van der Waals surface area contributed by atoms with E-state index in [1.807, 2.05) is 0 Å². The van der Waals surface area contributed by atoms with Gasteiger partial charge in [0.05, 0.1) is 17.2 Å². The van der Waals surface area contributed by atoms with E-state index in [4.69, 9.17) is 16.3 Å². The summed E-state index contributed by atoms with van der Waals surface area (Å²) in [5.41, 5.74) is -0.245. The second-order valence-corrected chi connectivity index (χ2v) is 7.44. The first-order valence-electron chi connectivity index (χ1n) is 9.44. The van der Waals surface area contributed by atoms with Crippen LogP contribution in [0.1, 0.15) is 23.6 Å². The highest BCUT2D eigenvalue weighted by Crippen LogP contribution is 2.46. The summed E-state index contributed by atoms with van der Waals surface area (Å²) in [7, 11) is 0. The summed E-state index contributed by atoms with van der Waals surface area (Å²) < 4.78 is 44.9. The van der Waals surface area contributed by atoms with Crippen molar-refractivity contribution < 1.29 is 22.7 Å². The number of hydrogen-bond acceptors (Lipinski definition) is 5. The fourth-order valence-corrected chi connectivity index (χ4v) is 4.13. The number of fused-ring (bicyclic) bond motifs is 1. The fraction of sp³-hybridized carbons (Fsp3) is 0.421. The molecule has 30 heavy (non-hydrogen) atoms. The van der Waals surface area contributed by atoms with E-state index >= 15 is 0 Å². The van der Waals surface area contributed by atoms with Crippen LogP contribution in [-0.2, 0) is 6.18 Å². The zero-order valence-corrected chi connectivity index (χ0v) is 16.6. The van der Waals surface area contributed by atoms with E-state index in [9.17, 15) is 18.0 Å². The van der Waals surface area contributed by atoms with Crippen LogP contribution in [-0.4, -0.2) is 58.8 Å². The van der Waals surface area contributed by atoms with Gasteiger partial charge in [0, 0.05) is 50.4 Å². The number of piperazine rings is 1. The maximum atomic E-state index is 13.1. The number of hydrogen-bond donors (Lipinski definition) is 1. The largest absolute Gasteiger partial charge is 0.492 e. The van der Waals surface area contributed by atoms with E-state index in [-0.39, 0.29) is 24.4 Å². The second kappa shape index (κ2) is 8.27. The van der Waals surface area contributed by atoms with Gasteiger partial charge in [0.15, 0.2) is 5.82 Å². The van der Waals surface area contributed by atoms with Crippen molar-refractivity contribution in [2.45, 2.75) is 18.6 Å². The van der Waals surface area contributed by atoms with Gasteiger partial charge in [-0.05, 0) is 18.2 Å². The SMILES string of the molecule is O=C(Nc1cccnn1)N1CCN(C2CCOc3c2ccc(C(F)(F)F)c3Cl)CC1. The van der Waals surface area contributed by atoms with Crippen molar-refractivity contribution >= 4 is 23.4 Å². The lowest BCUT2D eigenvalue weighted by atomic mass is 9.96. The lowest BCUT2D eigenvalue weighted by molar-refractivity contribution is -0.137. The van der Waals surface area contributed by atoms with Gasteiger partial charge in [-0.25, -0.2) is 4.79 Å². The molecule has 160 valence electrons. The minimum atomic E-state index is -4.54. The highest BCUT2D eigenvalue weighted by Gasteiger charge is 2.38. The van der Waals surface area contributed by atoms with Crippen LogP contribution in [0.25, 0.3) is 0 Å². The van der Waals surface area contributed by atoms with Crippen LogP contribution in [0.4, 0.5) is 23.8 Å². The molecule has 0 radical (unpaired) electrons. The molecule has 0 bridgehead atoms. The number of nitrogens with one attached hydrogen (secondary N) is 1. The topological polar surface area (TPSA) is 70.6 Å². The first-order chi connectivity index (χ1) is 14.3. The number of carbonyl (C=O) groups is 1. The molecular formula is C19H19ClF3N5O2. The van der Waals surface area contributed by atoms with Crippen LogP contribution in [0.3, 0.4) is 0 Å². The quantitative estimate of drug-likeness (QED) is 0.767. The Morgan fingerprint density at radius 2 is 1.97 bits per heavy atom. The second-order valence-electron chi connectivity index (χ2n) is 7.06. The van der Waals surface area contributed by atoms with Crippen LogP contribution in [0, 0.1) is 0 Å². The normalized spacial score (nSPS) is 19.7. The molecule has 0 spiro atoms. The lowest BCUT2D eigenvalue weighted by Gasteiger charge is -2.41. The third-order valence-electron chi connectivity index (χ3n) is 5.28. The smallest absolute Gasteiger partial charge is 0.417 e. The highest BCUT2D eigenvalue weighted by molar-refractivity contribution is 6.33. The Bertz CT molecular complexity index is 920. The number of anilines is 1. The van der Waals surface area contributed by atoms with Gasteiger partial charge in [-0.2, -0.15) is 18.3 Å². The molecule has 0 saturated carbocycles. The van der Waals surface area contributed by atoms with Crippen LogP contribution < -0.4 is 10.1 Å². The van der Waals surface area contributed by atoms with E-state index in [2.05, 4.69) is 20.4 Å². The van der Waals surface area contributed by atoms with Crippen molar-refractivity contribution in [2.24, 2.45) is 0 Å². The van der Waals surface area contributed by atoms with E-state index < -0.39 is 16.8 Å². The predicted molar refractivity (Wildman–Crippen MR) is 104 cm³/mol. The van der Waals surface area contributed by atoms with Crippen molar-refractivity contribution in [3.05, 3.63) is 46.6 Å². The Morgan fingerprint density at radius 1 is 1.20 bits per heavy atom. The summed E-state index contributed by atoms with van der Waals surface area (Å²) in [4.78, 5) is 16.2. The lowest BCUT2D eigenvalue weighted by Crippen LogP contribution is -2.51. The molecule has 2 aliphatic rings. The number of carbonyl (C=O) groups excluding carboxylic acids is 1. The average molecular weight is 442 g/mol. The molecule has 1 aromatic carbocycles. The number of benzene rings is 1. The molecule has 1 atom stereocenters. The first kappa shape index (κ1) is 20.7. The summed E-state index contributed by atoms with van der Waals surface area (Å²) in [6, 6.07) is 5.41. The van der Waals surface area contributed by atoms with E-state index in [1.165, 1.54) is 12.3 Å². The summed E-state index contributed by atoms with van der Waals surface area (Å²) in [5, 5.41) is 9.86. The van der Waals surface area contributed by atoms with E-state index in [1.54, 1.807) is 17.0 Å². The Morgan fingerprint density at radius 3 is 2.63 bits per heavy atom. The predicted octanol–water partition coefficient (Wildman–Crippen LogP) is 3.82. The Labute approximate surface area is 175 Å². The van der Waals surface area contributed by atoms with Crippen LogP contribution in [0.15, 0.2) is 30.5 Å². The molecule has 3 heterocycles. The van der Waals surface area contributed by atoms with Gasteiger partial charge in [0.2, 0.25) is 0 Å². The molecule has 1 unspecified atom stereocenters. The summed E-state index contributed by atoms with van der Waals surface area (Å²) >= 11 is 6.02. The minimum absolute atomic E-state index is 0.102. The minimum Gasteiger partial charge on any atom is -0.492 e. The number of rotatable bonds is 2. The van der Waals surface area contributed by atoms with Crippen LogP contribution in [0.5, 0.6) is 5.75 Å². The standard InChI is InChI=1S/C19H19ClF3N5O2/c20-16-13(19(21,22)23)4-3-12-14(5-11-30-17(12)16)27-7-9-28(10-8-27)18(29)25-15-2-1-6-24-26-15/h1-4,6,14H,5,7-11H2,(H,25,26,29). The fourth-order valence-electron chi connectivity index (χ4n) is 3.80. The van der Waals surface area contributed by atoms with E-state index in [0.717, 1.165) is 6.07 Å². The van der Waals surface area contributed by atoms with Gasteiger partial charge < -0.3 is 9.64 Å². The number of alkyl halides is 3. The first-order valence-corrected chi connectivity index (χ1v) is 9.82. The maximum Gasteiger partial charge on any atom is 0.417 e. The van der Waals surface area contributed by atoms with Crippen LogP contribution in [0.2, 0.25) is 5.02 Å². The number of halogens is 4. The van der Waals surface area contributed by atoms with Crippen molar-refractivity contribution in [2.75, 3.05) is 38.1 Å². The molecule has 1 N–H and O–H groups in total. The number of urea groups is 1. The molecule has 4 rings (SSSR count). The number of ether oxygens (including phenoxy) is 1.